The van der Waals surface area contributed by atoms with Crippen LogP contribution in [0.2, 0.25) is 0 Å². The number of pyridine rings is 1. The van der Waals surface area contributed by atoms with Crippen LogP contribution in [-0.2, 0) is 19.2 Å². The number of anilines is 1. The number of ether oxygens (including phenoxy) is 2. The van der Waals surface area contributed by atoms with Crippen molar-refractivity contribution in [1.82, 2.24) is 20.2 Å². The Kier molecular flexibility index (Phi) is 10.1. The van der Waals surface area contributed by atoms with Crippen LogP contribution in [0.25, 0.3) is 22.3 Å². The van der Waals surface area contributed by atoms with E-state index in [-0.39, 0.29) is 25.3 Å². The highest BCUT2D eigenvalue weighted by atomic mass is 32.1. The van der Waals surface area contributed by atoms with E-state index in [1.165, 1.54) is 22.3 Å². The van der Waals surface area contributed by atoms with Crippen LogP contribution in [0, 0.1) is 17.3 Å². The largest absolute Gasteiger partial charge is 0.497 e. The maximum atomic E-state index is 13.7. The maximum absolute atomic E-state index is 13.7. The Morgan fingerprint density at radius 1 is 1.16 bits per heavy atom. The molecule has 0 spiro atoms. The number of amides is 3. The summed E-state index contributed by atoms with van der Waals surface area (Å²) in [5, 5.41) is 29.4. The lowest BCUT2D eigenvalue weighted by atomic mass is 9.88. The van der Waals surface area contributed by atoms with Gasteiger partial charge in [0.25, 0.3) is 5.91 Å². The average Bonchev–Trinajstić information content (AvgIpc) is 3.50. The third kappa shape index (κ3) is 7.57. The number of fused-ring (bicyclic) bond motifs is 1. The molecule has 1 saturated heterocycles. The van der Waals surface area contributed by atoms with E-state index in [0.29, 0.717) is 51.3 Å². The summed E-state index contributed by atoms with van der Waals surface area (Å²) in [5.74, 6) is -1.57. The van der Waals surface area contributed by atoms with E-state index in [1.54, 1.807) is 57.5 Å². The highest BCUT2D eigenvalue weighted by molar-refractivity contribution is 7.14. The Balaban J connectivity index is 1.28. The van der Waals surface area contributed by atoms with Crippen LogP contribution < -0.4 is 20.1 Å². The monoisotopic (exact) mass is 719 g/mol. The lowest BCUT2D eigenvalue weighted by Crippen LogP contribution is -2.55. The second-order valence-electron chi connectivity index (χ2n) is 14.9. The van der Waals surface area contributed by atoms with Gasteiger partial charge in [0.2, 0.25) is 11.8 Å². The number of methoxy groups -OCH3 is 1. The van der Waals surface area contributed by atoms with E-state index in [1.807, 2.05) is 0 Å². The molecule has 3 aromatic rings. The van der Waals surface area contributed by atoms with Crippen LogP contribution in [0.4, 0.5) is 5.13 Å². The number of nitrogens with zero attached hydrogens (tertiary/aromatic N) is 3. The second kappa shape index (κ2) is 14.2. The maximum Gasteiger partial charge on any atom is 0.330 e. The molecule has 14 heteroatoms. The van der Waals surface area contributed by atoms with Crippen LogP contribution in [0.15, 0.2) is 42.3 Å². The number of thiazole rings is 1. The number of benzene rings is 1. The van der Waals surface area contributed by atoms with E-state index in [4.69, 9.17) is 14.5 Å². The molecule has 272 valence electrons. The van der Waals surface area contributed by atoms with Gasteiger partial charge in [0.05, 0.1) is 24.9 Å². The van der Waals surface area contributed by atoms with E-state index >= 15 is 0 Å². The van der Waals surface area contributed by atoms with E-state index in [0.717, 1.165) is 25.7 Å². The van der Waals surface area contributed by atoms with Gasteiger partial charge in [-0.1, -0.05) is 39.7 Å². The molecule has 3 heterocycles. The predicted molar refractivity (Wildman–Crippen MR) is 191 cm³/mol. The third-order valence-electron chi connectivity index (χ3n) is 10.2. The fraction of sp³-hybridized carbons (Fsp3) is 0.514. The smallest absolute Gasteiger partial charge is 0.330 e. The molecule has 2 aliphatic carbocycles. The minimum absolute atomic E-state index is 0.0296. The van der Waals surface area contributed by atoms with Crippen molar-refractivity contribution in [3.05, 3.63) is 42.3 Å². The summed E-state index contributed by atoms with van der Waals surface area (Å²) >= 11 is 1.30. The van der Waals surface area contributed by atoms with Crippen molar-refractivity contribution in [3.8, 4) is 22.9 Å². The number of aromatic nitrogens is 2. The molecule has 0 radical (unpaired) electrons. The first-order valence-corrected chi connectivity index (χ1v) is 18.2. The number of aliphatic carboxylic acids is 1. The SMILES string of the molecule is C=CC1C[C@]1(NC(=O)[C@@H]1C[C@@H](Oc2cc(-c3csc(NC(=O)CC4CCCC4)n3)nc3cc(OC)ccc23)CN1C(=O)[C@@H](O)C(C)(C)C)C(=O)O. The second-order valence-corrected chi connectivity index (χ2v) is 15.8. The van der Waals surface area contributed by atoms with Gasteiger partial charge in [-0.3, -0.25) is 14.4 Å². The molecule has 1 aliphatic heterocycles. The van der Waals surface area contributed by atoms with Crippen LogP contribution in [0.5, 0.6) is 11.5 Å². The van der Waals surface area contributed by atoms with E-state index < -0.39 is 52.9 Å². The van der Waals surface area contributed by atoms with E-state index in [9.17, 15) is 29.4 Å². The minimum atomic E-state index is -1.49. The molecule has 2 aromatic heterocycles. The van der Waals surface area contributed by atoms with Crippen molar-refractivity contribution in [2.24, 2.45) is 17.3 Å². The Morgan fingerprint density at radius 2 is 1.90 bits per heavy atom. The van der Waals surface area contributed by atoms with Crippen molar-refractivity contribution in [3.63, 3.8) is 0 Å². The lowest BCUT2D eigenvalue weighted by molar-refractivity contribution is -0.151. The quantitative estimate of drug-likeness (QED) is 0.190. The molecule has 3 fully saturated rings. The summed E-state index contributed by atoms with van der Waals surface area (Å²) in [6.45, 7) is 8.81. The van der Waals surface area contributed by atoms with Crippen LogP contribution in [-0.4, -0.2) is 86.2 Å². The summed E-state index contributed by atoms with van der Waals surface area (Å²) in [6, 6.07) is 5.98. The molecule has 1 aromatic carbocycles. The molecule has 3 aliphatic rings. The molecular formula is C37H45N5O8S. The zero-order chi connectivity index (χ0) is 36.7. The minimum Gasteiger partial charge on any atom is -0.497 e. The molecular weight excluding hydrogens is 675 g/mol. The van der Waals surface area contributed by atoms with Crippen molar-refractivity contribution in [2.45, 2.75) is 89.5 Å². The van der Waals surface area contributed by atoms with Gasteiger partial charge in [-0.25, -0.2) is 14.8 Å². The average molecular weight is 720 g/mol. The number of carbonyl (C=O) groups excluding carboxylic acids is 3. The standard InChI is InChI=1S/C37H45N5O8S/c1-6-21-17-37(21,34(47)48)41-32(45)28-15-23(18-42(28)33(46)31(44)36(2,3)4)50-29-16-26(38-25-14-22(49-5)11-12-24(25)29)27-19-51-35(39-27)40-30(43)13-20-9-7-8-10-20/h6,11-12,14,16,19-21,23,28,31,44H,1,7-10,13,15,17-18H2,2-5H3,(H,41,45)(H,47,48)(H,39,40,43)/t21?,23-,28+,31-,37-/m1/s1. The molecule has 3 amide bonds. The normalized spacial score (nSPS) is 23.9. The number of hydrogen-bond donors (Lipinski definition) is 4. The third-order valence-corrected chi connectivity index (χ3v) is 10.9. The number of rotatable bonds is 12. The number of nitrogens with one attached hydrogen (secondary N) is 2. The molecule has 5 atom stereocenters. The number of carboxylic acid groups (broad SMARTS) is 1. The zero-order valence-electron chi connectivity index (χ0n) is 29.3. The summed E-state index contributed by atoms with van der Waals surface area (Å²) in [4.78, 5) is 63.0. The fourth-order valence-corrected chi connectivity index (χ4v) is 7.75. The van der Waals surface area contributed by atoms with Gasteiger partial charge in [-0.15, -0.1) is 17.9 Å². The number of carbonyl (C=O) groups is 4. The van der Waals surface area contributed by atoms with Crippen LogP contribution in [0.3, 0.4) is 0 Å². The Bertz CT molecular complexity index is 1850. The van der Waals surface area contributed by atoms with Crippen molar-refractivity contribution in [1.29, 1.82) is 0 Å². The Labute approximate surface area is 300 Å². The molecule has 0 bridgehead atoms. The molecule has 1 unspecified atom stereocenters. The predicted octanol–water partition coefficient (Wildman–Crippen LogP) is 4.79. The van der Waals surface area contributed by atoms with E-state index in [2.05, 4.69) is 22.2 Å². The first kappa shape index (κ1) is 36.2. The molecule has 4 N–H and O–H groups in total. The number of aliphatic hydroxyl groups excluding tert-OH is 1. The Morgan fingerprint density at radius 3 is 2.55 bits per heavy atom. The first-order chi connectivity index (χ1) is 24.2. The highest BCUT2D eigenvalue weighted by Crippen LogP contribution is 2.45. The topological polar surface area (TPSA) is 180 Å². The van der Waals surface area contributed by atoms with Gasteiger partial charge < -0.3 is 35.2 Å². The van der Waals surface area contributed by atoms with Gasteiger partial charge in [-0.05, 0) is 42.7 Å². The number of carboxylic acids is 1. The van der Waals surface area contributed by atoms with Crippen molar-refractivity contribution >= 4 is 51.1 Å². The summed E-state index contributed by atoms with van der Waals surface area (Å²) in [6.07, 6.45) is 4.55. The number of likely N-dealkylation sites (tertiary alicyclic amines) is 1. The summed E-state index contributed by atoms with van der Waals surface area (Å²) in [7, 11) is 1.55. The van der Waals surface area contributed by atoms with Crippen molar-refractivity contribution in [2.75, 3.05) is 19.0 Å². The number of aliphatic hydroxyl groups is 1. The van der Waals surface area contributed by atoms with Gasteiger partial charge in [0.1, 0.15) is 41.0 Å². The van der Waals surface area contributed by atoms with Gasteiger partial charge in [0, 0.05) is 41.7 Å². The van der Waals surface area contributed by atoms with Crippen LogP contribution in [0.1, 0.15) is 65.7 Å². The molecule has 6 rings (SSSR count). The summed E-state index contributed by atoms with van der Waals surface area (Å²) in [5.41, 5.74) is -0.750. The number of hydrogen-bond acceptors (Lipinski definition) is 10. The molecule has 51 heavy (non-hydrogen) atoms. The summed E-state index contributed by atoms with van der Waals surface area (Å²) < 4.78 is 12.0. The van der Waals surface area contributed by atoms with Gasteiger partial charge >= 0.3 is 5.97 Å². The first-order valence-electron chi connectivity index (χ1n) is 17.3. The zero-order valence-corrected chi connectivity index (χ0v) is 30.1. The van der Waals surface area contributed by atoms with Crippen LogP contribution >= 0.6 is 11.3 Å². The molecule has 2 saturated carbocycles. The molecule has 13 nitrogen and oxygen atoms in total. The van der Waals surface area contributed by atoms with Crippen molar-refractivity contribution < 1.29 is 38.9 Å². The lowest BCUT2D eigenvalue weighted by Gasteiger charge is -2.32. The fourth-order valence-electron chi connectivity index (χ4n) is 7.03. The van der Waals surface area contributed by atoms with Gasteiger partial charge in [-0.2, -0.15) is 0 Å². The Hall–Kier alpha value is -4.56. The highest BCUT2D eigenvalue weighted by Gasteiger charge is 2.61. The van der Waals surface area contributed by atoms with Gasteiger partial charge in [0.15, 0.2) is 5.13 Å².